The van der Waals surface area contributed by atoms with Crippen molar-refractivity contribution < 1.29 is 19.1 Å². The lowest BCUT2D eigenvalue weighted by atomic mass is 9.93. The van der Waals surface area contributed by atoms with Gasteiger partial charge < -0.3 is 25.2 Å². The van der Waals surface area contributed by atoms with Gasteiger partial charge in [0.1, 0.15) is 0 Å². The Kier molecular flexibility index (Phi) is 7.54. The number of likely N-dealkylation sites (tertiary alicyclic amines) is 2. The summed E-state index contributed by atoms with van der Waals surface area (Å²) in [7, 11) is 1.64. The van der Waals surface area contributed by atoms with Crippen LogP contribution in [0.25, 0.3) is 0 Å². The number of urea groups is 1. The average molecular weight is 431 g/mol. The molecule has 0 saturated carbocycles. The van der Waals surface area contributed by atoms with Crippen molar-refractivity contribution in [1.29, 1.82) is 0 Å². The van der Waals surface area contributed by atoms with Crippen molar-refractivity contribution >= 4 is 23.5 Å². The quantitative estimate of drug-likeness (QED) is 0.725. The van der Waals surface area contributed by atoms with E-state index in [1.54, 1.807) is 18.9 Å². The number of methoxy groups -OCH3 is 1. The van der Waals surface area contributed by atoms with Gasteiger partial charge in [-0.3, -0.25) is 9.59 Å². The Bertz CT molecular complexity index is 807. The van der Waals surface area contributed by atoms with E-state index in [1.807, 2.05) is 36.1 Å². The average Bonchev–Trinajstić information content (AvgIpc) is 3.15. The van der Waals surface area contributed by atoms with Crippen molar-refractivity contribution in [2.45, 2.75) is 45.1 Å². The van der Waals surface area contributed by atoms with Crippen molar-refractivity contribution in [2.24, 2.45) is 5.92 Å². The van der Waals surface area contributed by atoms with Crippen LogP contribution in [0.15, 0.2) is 24.3 Å². The molecule has 170 valence electrons. The number of hydrogen-bond donors (Lipinski definition) is 2. The number of rotatable bonds is 6. The van der Waals surface area contributed by atoms with Gasteiger partial charge in [0.25, 0.3) is 0 Å². The number of aryl methyl sites for hydroxylation is 1. The first-order valence-corrected chi connectivity index (χ1v) is 11.0. The molecule has 1 atom stereocenters. The molecule has 0 aliphatic carbocycles. The molecule has 0 aromatic heterocycles. The van der Waals surface area contributed by atoms with E-state index in [2.05, 4.69) is 10.6 Å². The second-order valence-electron chi connectivity index (χ2n) is 8.76. The molecular weight excluding hydrogens is 396 g/mol. The van der Waals surface area contributed by atoms with Crippen LogP contribution >= 0.6 is 0 Å². The third kappa shape index (κ3) is 5.97. The van der Waals surface area contributed by atoms with E-state index in [9.17, 15) is 14.4 Å². The molecule has 0 radical (unpaired) electrons. The van der Waals surface area contributed by atoms with E-state index < -0.39 is 5.54 Å². The molecule has 0 bridgehead atoms. The lowest BCUT2D eigenvalue weighted by Gasteiger charge is -2.34. The van der Waals surface area contributed by atoms with Crippen molar-refractivity contribution in [1.82, 2.24) is 15.1 Å². The second-order valence-corrected chi connectivity index (χ2v) is 8.76. The van der Waals surface area contributed by atoms with Crippen molar-refractivity contribution in [3.05, 3.63) is 29.8 Å². The fourth-order valence-electron chi connectivity index (χ4n) is 4.55. The summed E-state index contributed by atoms with van der Waals surface area (Å²) in [6.07, 6.45) is 2.72. The number of nitrogens with zero attached hydrogens (tertiary/aromatic N) is 2. The van der Waals surface area contributed by atoms with Gasteiger partial charge in [0, 0.05) is 58.4 Å². The number of anilines is 1. The van der Waals surface area contributed by atoms with Crippen LogP contribution in [-0.2, 0) is 14.3 Å². The SMILES string of the molecule is COCCC1(NC(=O)Nc2cccc(C)c2)CCN(C(=O)C2CCN(C(C)=O)CC2)C1. The number of carbonyl (C=O) groups is 3. The van der Waals surface area contributed by atoms with E-state index in [1.165, 1.54) is 0 Å². The van der Waals surface area contributed by atoms with Crippen LogP contribution in [0.1, 0.15) is 38.2 Å². The van der Waals surface area contributed by atoms with Crippen LogP contribution in [0.4, 0.5) is 10.5 Å². The molecule has 31 heavy (non-hydrogen) atoms. The molecule has 8 nitrogen and oxygen atoms in total. The molecule has 8 heteroatoms. The van der Waals surface area contributed by atoms with Crippen LogP contribution in [0.5, 0.6) is 0 Å². The van der Waals surface area contributed by atoms with Gasteiger partial charge in [0.15, 0.2) is 0 Å². The zero-order chi connectivity index (χ0) is 22.4. The molecule has 2 fully saturated rings. The molecule has 2 N–H and O–H groups in total. The first kappa shape index (κ1) is 23.1. The van der Waals surface area contributed by atoms with E-state index in [4.69, 9.17) is 4.74 Å². The Balaban J connectivity index is 1.61. The standard InChI is InChI=1S/C23H34N4O4/c1-17-5-4-6-20(15-17)24-22(30)25-23(10-14-31-3)9-13-27(16-23)21(29)19-7-11-26(12-8-19)18(2)28/h4-6,15,19H,7-14,16H2,1-3H3,(H2,24,25,30). The van der Waals surface area contributed by atoms with Gasteiger partial charge in [0.2, 0.25) is 11.8 Å². The van der Waals surface area contributed by atoms with E-state index >= 15 is 0 Å². The summed E-state index contributed by atoms with van der Waals surface area (Å²) in [5.41, 5.74) is 1.29. The topological polar surface area (TPSA) is 91.0 Å². The third-order valence-corrected chi connectivity index (χ3v) is 6.39. The minimum absolute atomic E-state index is 0.0602. The number of ether oxygens (including phenoxy) is 1. The highest BCUT2D eigenvalue weighted by Gasteiger charge is 2.42. The summed E-state index contributed by atoms with van der Waals surface area (Å²) in [4.78, 5) is 41.1. The molecule has 1 aromatic rings. The molecule has 1 unspecified atom stereocenters. The van der Waals surface area contributed by atoms with Gasteiger partial charge in [-0.25, -0.2) is 4.79 Å². The van der Waals surface area contributed by atoms with E-state index in [-0.39, 0.29) is 23.8 Å². The van der Waals surface area contributed by atoms with Gasteiger partial charge in [-0.2, -0.15) is 0 Å². The molecular formula is C23H34N4O4. The number of piperidine rings is 1. The molecule has 0 spiro atoms. The van der Waals surface area contributed by atoms with Gasteiger partial charge >= 0.3 is 6.03 Å². The Hall–Kier alpha value is -2.61. The zero-order valence-corrected chi connectivity index (χ0v) is 18.8. The Morgan fingerprint density at radius 2 is 1.90 bits per heavy atom. The summed E-state index contributed by atoms with van der Waals surface area (Å²) in [5.74, 6) is 0.132. The molecule has 2 saturated heterocycles. The van der Waals surface area contributed by atoms with Crippen molar-refractivity contribution in [2.75, 3.05) is 45.2 Å². The van der Waals surface area contributed by atoms with Crippen LogP contribution in [0, 0.1) is 12.8 Å². The highest BCUT2D eigenvalue weighted by Crippen LogP contribution is 2.29. The predicted octanol–water partition coefficient (Wildman–Crippen LogP) is 2.38. The molecule has 2 aliphatic rings. The molecule has 1 aromatic carbocycles. The normalized spacial score (nSPS) is 21.8. The maximum atomic E-state index is 13.1. The summed E-state index contributed by atoms with van der Waals surface area (Å²) >= 11 is 0. The fourth-order valence-corrected chi connectivity index (χ4v) is 4.55. The number of benzene rings is 1. The van der Waals surface area contributed by atoms with Crippen LogP contribution in [-0.4, -0.2) is 73.1 Å². The first-order valence-electron chi connectivity index (χ1n) is 11.0. The molecule has 2 aliphatic heterocycles. The van der Waals surface area contributed by atoms with Gasteiger partial charge in [-0.15, -0.1) is 0 Å². The maximum absolute atomic E-state index is 13.1. The molecule has 4 amide bonds. The van der Waals surface area contributed by atoms with E-state index in [0.29, 0.717) is 58.5 Å². The fraction of sp³-hybridized carbons (Fsp3) is 0.609. The predicted molar refractivity (Wildman–Crippen MR) is 119 cm³/mol. The lowest BCUT2D eigenvalue weighted by molar-refractivity contribution is -0.139. The van der Waals surface area contributed by atoms with Crippen molar-refractivity contribution in [3.63, 3.8) is 0 Å². The Morgan fingerprint density at radius 1 is 1.16 bits per heavy atom. The number of carbonyl (C=O) groups excluding carboxylic acids is 3. The highest BCUT2D eigenvalue weighted by molar-refractivity contribution is 5.90. The van der Waals surface area contributed by atoms with Gasteiger partial charge in [-0.05, 0) is 50.3 Å². The summed E-state index contributed by atoms with van der Waals surface area (Å²) in [5, 5.41) is 6.03. The van der Waals surface area contributed by atoms with Crippen LogP contribution in [0.2, 0.25) is 0 Å². The van der Waals surface area contributed by atoms with Crippen molar-refractivity contribution in [3.8, 4) is 0 Å². The largest absolute Gasteiger partial charge is 0.385 e. The monoisotopic (exact) mass is 430 g/mol. The third-order valence-electron chi connectivity index (χ3n) is 6.39. The molecule has 2 heterocycles. The molecule has 3 rings (SSSR count). The summed E-state index contributed by atoms with van der Waals surface area (Å²) in [6.45, 7) is 6.40. The lowest BCUT2D eigenvalue weighted by Crippen LogP contribution is -2.53. The van der Waals surface area contributed by atoms with Gasteiger partial charge in [0.05, 0.1) is 5.54 Å². The maximum Gasteiger partial charge on any atom is 0.319 e. The highest BCUT2D eigenvalue weighted by atomic mass is 16.5. The number of amides is 4. The van der Waals surface area contributed by atoms with Crippen LogP contribution in [0.3, 0.4) is 0 Å². The Labute approximate surface area is 184 Å². The number of hydrogen-bond acceptors (Lipinski definition) is 4. The van der Waals surface area contributed by atoms with Crippen LogP contribution < -0.4 is 10.6 Å². The summed E-state index contributed by atoms with van der Waals surface area (Å²) in [6, 6.07) is 7.38. The van der Waals surface area contributed by atoms with E-state index in [0.717, 1.165) is 11.3 Å². The second kappa shape index (κ2) is 10.1. The zero-order valence-electron chi connectivity index (χ0n) is 18.8. The minimum Gasteiger partial charge on any atom is -0.385 e. The van der Waals surface area contributed by atoms with Gasteiger partial charge in [-0.1, -0.05) is 12.1 Å². The first-order chi connectivity index (χ1) is 14.8. The Morgan fingerprint density at radius 3 is 2.55 bits per heavy atom. The smallest absolute Gasteiger partial charge is 0.319 e. The number of nitrogens with one attached hydrogen (secondary N) is 2. The summed E-state index contributed by atoms with van der Waals surface area (Å²) < 4.78 is 5.28. The minimum atomic E-state index is -0.514.